The van der Waals surface area contributed by atoms with E-state index in [0.29, 0.717) is 0 Å². The molecule has 0 unspecified atom stereocenters. The maximum Gasteiger partial charge on any atom is 4.00 e. The van der Waals surface area contributed by atoms with Crippen LogP contribution in [0.1, 0.15) is 0 Å². The first kappa shape index (κ1) is 13.7. The molecule has 0 radical (unpaired) electrons. The summed E-state index contributed by atoms with van der Waals surface area (Å²) in [4.78, 5) is 38.2. The van der Waals surface area contributed by atoms with Crippen LogP contribution in [0.3, 0.4) is 0 Å². The van der Waals surface area contributed by atoms with Gasteiger partial charge in [-0.25, -0.2) is 0 Å². The van der Waals surface area contributed by atoms with Gasteiger partial charge in [-0.3, -0.25) is 0 Å². The molecule has 0 fully saturated rings. The Morgan fingerprint density at radius 3 is 1.10 bits per heavy atom. The van der Waals surface area contributed by atoms with E-state index in [-0.39, 0.29) is 23.9 Å². The minimum absolute atomic E-state index is 0. The summed E-state index contributed by atoms with van der Waals surface area (Å²) in [6.07, 6.45) is 0. The van der Waals surface area contributed by atoms with Gasteiger partial charge in [0.05, 0.1) is 0 Å². The fourth-order valence-corrected chi connectivity index (χ4v) is 1.91. The largest absolute Gasteiger partial charge is 4.00 e. The quantitative estimate of drug-likeness (QED) is 0.382. The molecule has 0 rings (SSSR count). The first-order valence-corrected chi connectivity index (χ1v) is 5.18. The molecule has 0 spiro atoms. The van der Waals surface area contributed by atoms with E-state index in [9.17, 15) is 28.7 Å². The van der Waals surface area contributed by atoms with Crippen LogP contribution in [0.15, 0.2) is 0 Å². The van der Waals surface area contributed by atoms with E-state index >= 15 is 0 Å². The Bertz CT molecular complexity index is 156. The topological polar surface area (TPSA) is 126 Å². The fourth-order valence-electron chi connectivity index (χ4n) is 0.212. The monoisotopic (exact) mass is 292 g/mol. The summed E-state index contributed by atoms with van der Waals surface area (Å²) in [5, 5.41) is 0. The molecule has 0 bridgehead atoms. The van der Waals surface area contributed by atoms with Crippen LogP contribution in [0, 0.1) is 0 Å². The molecular formula is CH2O6P2Sn. The summed E-state index contributed by atoms with van der Waals surface area (Å²) >= 11 is 0. The van der Waals surface area contributed by atoms with Crippen LogP contribution in [-0.4, -0.2) is 29.8 Å². The standard InChI is InChI=1S/CH6O6P2.Sn/c2-8(3,4)1-9(5,6)7;/h1H2,(H2,2,3,4)(H2,5,6,7);/q;+4/p-4. The van der Waals surface area contributed by atoms with Crippen molar-refractivity contribution in [3.63, 3.8) is 0 Å². The van der Waals surface area contributed by atoms with Crippen molar-refractivity contribution in [1.29, 1.82) is 0 Å². The van der Waals surface area contributed by atoms with Crippen LogP contribution in [0.2, 0.25) is 0 Å². The SMILES string of the molecule is O=P([O-])([O-])CP(=O)([O-])[O-].[Sn+4]. The molecule has 0 aliphatic rings. The van der Waals surface area contributed by atoms with Gasteiger partial charge in [-0.15, -0.1) is 0 Å². The summed E-state index contributed by atoms with van der Waals surface area (Å²) in [6, 6.07) is 0. The normalized spacial score (nSPS) is 12.4. The van der Waals surface area contributed by atoms with Crippen LogP contribution in [0.4, 0.5) is 0 Å². The molecule has 0 atom stereocenters. The molecule has 0 saturated carbocycles. The molecule has 9 heteroatoms. The Morgan fingerprint density at radius 2 is 1.10 bits per heavy atom. The minimum atomic E-state index is -5.18. The van der Waals surface area contributed by atoms with E-state index in [1.165, 1.54) is 0 Å². The second kappa shape index (κ2) is 4.21. The average molecular weight is 291 g/mol. The van der Waals surface area contributed by atoms with E-state index in [1.54, 1.807) is 0 Å². The van der Waals surface area contributed by atoms with Crippen molar-refractivity contribution < 1.29 is 28.7 Å². The summed E-state index contributed by atoms with van der Waals surface area (Å²) in [6.45, 7) is 0. The Labute approximate surface area is 73.9 Å². The third kappa shape index (κ3) is 11.8. The molecule has 10 heavy (non-hydrogen) atoms. The molecule has 0 aromatic heterocycles. The maximum absolute atomic E-state index is 9.55. The van der Waals surface area contributed by atoms with Crippen LogP contribution >= 0.6 is 15.2 Å². The summed E-state index contributed by atoms with van der Waals surface area (Å²) in [5.74, 6) is -1.82. The van der Waals surface area contributed by atoms with Crippen molar-refractivity contribution in [3.8, 4) is 0 Å². The van der Waals surface area contributed by atoms with E-state index < -0.39 is 21.1 Å². The number of hydrogen-bond acceptors (Lipinski definition) is 6. The zero-order valence-electron chi connectivity index (χ0n) is 4.55. The summed E-state index contributed by atoms with van der Waals surface area (Å²) in [5.41, 5.74) is 0. The average Bonchev–Trinajstić information content (AvgIpc) is 1.14. The third-order valence-electron chi connectivity index (χ3n) is 0.346. The van der Waals surface area contributed by atoms with Crippen molar-refractivity contribution in [2.75, 3.05) is 5.90 Å². The van der Waals surface area contributed by atoms with Gasteiger partial charge in [-0.05, 0) is 0 Å². The molecule has 6 nitrogen and oxygen atoms in total. The zero-order chi connectivity index (χ0) is 7.71. The van der Waals surface area contributed by atoms with Crippen molar-refractivity contribution in [1.82, 2.24) is 0 Å². The third-order valence-corrected chi connectivity index (χ3v) is 3.12. The van der Waals surface area contributed by atoms with E-state index in [2.05, 4.69) is 0 Å². The zero-order valence-corrected chi connectivity index (χ0v) is 9.19. The van der Waals surface area contributed by atoms with Crippen LogP contribution < -0.4 is 19.6 Å². The van der Waals surface area contributed by atoms with E-state index in [0.717, 1.165) is 0 Å². The van der Waals surface area contributed by atoms with Gasteiger partial charge in [0.25, 0.3) is 0 Å². The molecule has 0 aromatic rings. The molecule has 0 amide bonds. The van der Waals surface area contributed by atoms with Gasteiger partial charge < -0.3 is 28.7 Å². The van der Waals surface area contributed by atoms with Gasteiger partial charge in [0, 0.05) is 5.90 Å². The first-order chi connectivity index (χ1) is 3.71. The molecule has 0 saturated heterocycles. The fraction of sp³-hybridized carbons (Fsp3) is 1.00. The van der Waals surface area contributed by atoms with E-state index in [1.807, 2.05) is 0 Å². The predicted molar refractivity (Wildman–Crippen MR) is 25.8 cm³/mol. The second-order valence-corrected chi connectivity index (χ2v) is 4.94. The Hall–Kier alpha value is 1.10. The van der Waals surface area contributed by atoms with Crippen molar-refractivity contribution in [2.24, 2.45) is 0 Å². The maximum atomic E-state index is 9.55. The molecule has 0 aliphatic carbocycles. The van der Waals surface area contributed by atoms with Crippen molar-refractivity contribution >= 4 is 39.1 Å². The van der Waals surface area contributed by atoms with Crippen molar-refractivity contribution in [2.45, 2.75) is 0 Å². The Balaban J connectivity index is 0. The van der Waals surface area contributed by atoms with Crippen molar-refractivity contribution in [3.05, 3.63) is 0 Å². The summed E-state index contributed by atoms with van der Waals surface area (Å²) < 4.78 is 19.1. The Kier molecular flexibility index (Phi) is 5.75. The smallest absolute Gasteiger partial charge is 0.810 e. The molecule has 0 heterocycles. The molecule has 0 aromatic carbocycles. The van der Waals surface area contributed by atoms with Gasteiger partial charge in [0.15, 0.2) is 0 Å². The molecule has 56 valence electrons. The summed E-state index contributed by atoms with van der Waals surface area (Å²) in [7, 11) is -10.4. The first-order valence-electron chi connectivity index (χ1n) is 1.73. The van der Waals surface area contributed by atoms with Crippen LogP contribution in [0.25, 0.3) is 0 Å². The molecule has 0 aliphatic heterocycles. The number of hydrogen-bond donors (Lipinski definition) is 0. The van der Waals surface area contributed by atoms with Crippen LogP contribution in [-0.2, 0) is 9.13 Å². The van der Waals surface area contributed by atoms with Gasteiger partial charge >= 0.3 is 23.9 Å². The molecule has 0 N–H and O–H groups in total. The number of rotatable bonds is 2. The molecular weight excluding hydrogens is 289 g/mol. The van der Waals surface area contributed by atoms with E-state index in [4.69, 9.17) is 0 Å². The van der Waals surface area contributed by atoms with Gasteiger partial charge in [-0.1, -0.05) is 15.2 Å². The van der Waals surface area contributed by atoms with Gasteiger partial charge in [0.1, 0.15) is 0 Å². The Morgan fingerprint density at radius 1 is 0.900 bits per heavy atom. The predicted octanol–water partition coefficient (Wildman–Crippen LogP) is -3.61. The van der Waals surface area contributed by atoms with Gasteiger partial charge in [0.2, 0.25) is 0 Å². The van der Waals surface area contributed by atoms with Gasteiger partial charge in [-0.2, -0.15) is 0 Å². The van der Waals surface area contributed by atoms with Crippen LogP contribution in [0.5, 0.6) is 0 Å². The second-order valence-electron chi connectivity index (χ2n) is 1.36. The minimum Gasteiger partial charge on any atom is -0.810 e.